The summed E-state index contributed by atoms with van der Waals surface area (Å²) >= 11 is 0. The maximum absolute atomic E-state index is 12.6. The van der Waals surface area contributed by atoms with E-state index in [4.69, 9.17) is 9.47 Å². The fourth-order valence-electron chi connectivity index (χ4n) is 2.67. The van der Waals surface area contributed by atoms with Crippen LogP contribution in [0, 0.1) is 0 Å². The highest BCUT2D eigenvalue weighted by Gasteiger charge is 2.12. The zero-order chi connectivity index (χ0) is 20.5. The lowest BCUT2D eigenvalue weighted by atomic mass is 10.1. The van der Waals surface area contributed by atoms with E-state index in [1.807, 2.05) is 31.2 Å². The van der Waals surface area contributed by atoms with Gasteiger partial charge in [0.25, 0.3) is 11.8 Å². The first-order valence-corrected chi connectivity index (χ1v) is 9.26. The summed E-state index contributed by atoms with van der Waals surface area (Å²) in [5, 5.41) is 5.58. The quantitative estimate of drug-likeness (QED) is 0.599. The summed E-state index contributed by atoms with van der Waals surface area (Å²) in [6.45, 7) is 2.22. The standard InChI is InChI=1S/C23H22N2O4/c1-2-28-21-14-7-6-13-20(21)23(27)25-18-10-8-9-17(15-18)24-22(26)16-29-19-11-4-3-5-12-19/h3-15H,2,16H2,1H3,(H,24,26)(H,25,27). The van der Waals surface area contributed by atoms with Gasteiger partial charge in [-0.05, 0) is 49.4 Å². The second kappa shape index (κ2) is 9.94. The van der Waals surface area contributed by atoms with E-state index < -0.39 is 0 Å². The van der Waals surface area contributed by atoms with Crippen LogP contribution in [0.25, 0.3) is 0 Å². The summed E-state index contributed by atoms with van der Waals surface area (Å²) in [6.07, 6.45) is 0. The number of rotatable bonds is 8. The third-order valence-corrected chi connectivity index (χ3v) is 3.95. The van der Waals surface area contributed by atoms with Crippen LogP contribution < -0.4 is 20.1 Å². The summed E-state index contributed by atoms with van der Waals surface area (Å²) in [6, 6.07) is 23.1. The number of amides is 2. The van der Waals surface area contributed by atoms with Gasteiger partial charge in [-0.2, -0.15) is 0 Å². The Morgan fingerprint density at radius 1 is 0.793 bits per heavy atom. The Balaban J connectivity index is 1.60. The fourth-order valence-corrected chi connectivity index (χ4v) is 2.67. The number of ether oxygens (including phenoxy) is 2. The lowest BCUT2D eigenvalue weighted by Gasteiger charge is -2.12. The molecule has 0 aliphatic heterocycles. The van der Waals surface area contributed by atoms with Crippen molar-refractivity contribution in [3.63, 3.8) is 0 Å². The van der Waals surface area contributed by atoms with Crippen molar-refractivity contribution < 1.29 is 19.1 Å². The smallest absolute Gasteiger partial charge is 0.262 e. The first kappa shape index (κ1) is 19.9. The molecule has 0 radical (unpaired) electrons. The van der Waals surface area contributed by atoms with Gasteiger partial charge in [0, 0.05) is 11.4 Å². The topological polar surface area (TPSA) is 76.7 Å². The molecule has 0 aliphatic carbocycles. The molecule has 3 aromatic carbocycles. The Morgan fingerprint density at radius 2 is 1.48 bits per heavy atom. The summed E-state index contributed by atoms with van der Waals surface area (Å²) in [5.74, 6) is 0.565. The van der Waals surface area contributed by atoms with Crippen molar-refractivity contribution in [1.82, 2.24) is 0 Å². The zero-order valence-corrected chi connectivity index (χ0v) is 16.1. The van der Waals surface area contributed by atoms with E-state index in [-0.39, 0.29) is 18.4 Å². The van der Waals surface area contributed by atoms with Gasteiger partial charge in [0.15, 0.2) is 6.61 Å². The van der Waals surface area contributed by atoms with E-state index in [0.717, 1.165) is 0 Å². The molecule has 0 aliphatic rings. The Morgan fingerprint density at radius 3 is 2.24 bits per heavy atom. The van der Waals surface area contributed by atoms with Crippen molar-refractivity contribution in [2.24, 2.45) is 0 Å². The highest BCUT2D eigenvalue weighted by molar-refractivity contribution is 6.06. The number of nitrogens with one attached hydrogen (secondary N) is 2. The Labute approximate surface area is 169 Å². The van der Waals surface area contributed by atoms with Crippen molar-refractivity contribution in [3.05, 3.63) is 84.4 Å². The van der Waals surface area contributed by atoms with Crippen molar-refractivity contribution >= 4 is 23.2 Å². The molecule has 3 rings (SSSR count). The van der Waals surface area contributed by atoms with E-state index >= 15 is 0 Å². The molecule has 6 heteroatoms. The predicted octanol–water partition coefficient (Wildman–Crippen LogP) is 4.36. The summed E-state index contributed by atoms with van der Waals surface area (Å²) in [4.78, 5) is 24.7. The number of carbonyl (C=O) groups excluding carboxylic acids is 2. The Bertz CT molecular complexity index is 973. The highest BCUT2D eigenvalue weighted by atomic mass is 16.5. The molecule has 0 unspecified atom stereocenters. The molecule has 6 nitrogen and oxygen atoms in total. The maximum atomic E-state index is 12.6. The number of benzene rings is 3. The van der Waals surface area contributed by atoms with Crippen molar-refractivity contribution in [2.45, 2.75) is 6.92 Å². The lowest BCUT2D eigenvalue weighted by Crippen LogP contribution is -2.20. The van der Waals surface area contributed by atoms with Gasteiger partial charge in [-0.1, -0.05) is 36.4 Å². The monoisotopic (exact) mass is 390 g/mol. The Hall–Kier alpha value is -3.80. The molecular weight excluding hydrogens is 368 g/mol. The van der Waals surface area contributed by atoms with E-state index in [1.54, 1.807) is 54.6 Å². The van der Waals surface area contributed by atoms with Gasteiger partial charge in [0.2, 0.25) is 0 Å². The molecule has 0 heterocycles. The van der Waals surface area contributed by atoms with E-state index in [9.17, 15) is 9.59 Å². The fraction of sp³-hybridized carbons (Fsp3) is 0.130. The molecule has 2 amide bonds. The minimum atomic E-state index is -0.293. The van der Waals surface area contributed by atoms with Gasteiger partial charge in [0.05, 0.1) is 12.2 Å². The van der Waals surface area contributed by atoms with Gasteiger partial charge in [0.1, 0.15) is 11.5 Å². The molecule has 0 aromatic heterocycles. The van der Waals surface area contributed by atoms with E-state index in [0.29, 0.717) is 35.0 Å². The third kappa shape index (κ3) is 5.84. The minimum Gasteiger partial charge on any atom is -0.493 e. The molecule has 148 valence electrons. The number of hydrogen-bond donors (Lipinski definition) is 2. The predicted molar refractivity (Wildman–Crippen MR) is 113 cm³/mol. The van der Waals surface area contributed by atoms with Crippen LogP contribution in [-0.2, 0) is 4.79 Å². The molecular formula is C23H22N2O4. The third-order valence-electron chi connectivity index (χ3n) is 3.95. The van der Waals surface area contributed by atoms with Gasteiger partial charge >= 0.3 is 0 Å². The molecule has 3 aromatic rings. The second-order valence-corrected chi connectivity index (χ2v) is 6.11. The average molecular weight is 390 g/mol. The van der Waals surface area contributed by atoms with Crippen LogP contribution in [-0.4, -0.2) is 25.0 Å². The van der Waals surface area contributed by atoms with Crippen LogP contribution in [0.2, 0.25) is 0 Å². The summed E-state index contributed by atoms with van der Waals surface area (Å²) in [5.41, 5.74) is 1.56. The highest BCUT2D eigenvalue weighted by Crippen LogP contribution is 2.21. The minimum absolute atomic E-state index is 0.109. The first-order valence-electron chi connectivity index (χ1n) is 9.26. The number of hydrogen-bond acceptors (Lipinski definition) is 4. The van der Waals surface area contributed by atoms with Gasteiger partial charge < -0.3 is 20.1 Å². The van der Waals surface area contributed by atoms with Crippen LogP contribution >= 0.6 is 0 Å². The summed E-state index contributed by atoms with van der Waals surface area (Å²) in [7, 11) is 0. The molecule has 0 bridgehead atoms. The van der Waals surface area contributed by atoms with Crippen LogP contribution in [0.15, 0.2) is 78.9 Å². The van der Waals surface area contributed by atoms with Crippen molar-refractivity contribution in [3.8, 4) is 11.5 Å². The molecule has 0 atom stereocenters. The largest absolute Gasteiger partial charge is 0.493 e. The average Bonchev–Trinajstić information content (AvgIpc) is 2.74. The number of carbonyl (C=O) groups is 2. The zero-order valence-electron chi connectivity index (χ0n) is 16.1. The number of anilines is 2. The molecule has 0 spiro atoms. The SMILES string of the molecule is CCOc1ccccc1C(=O)Nc1cccc(NC(=O)COc2ccccc2)c1. The normalized spacial score (nSPS) is 10.1. The molecule has 0 saturated heterocycles. The molecule has 29 heavy (non-hydrogen) atoms. The van der Waals surface area contributed by atoms with E-state index in [1.165, 1.54) is 0 Å². The second-order valence-electron chi connectivity index (χ2n) is 6.11. The Kier molecular flexibility index (Phi) is 6.84. The van der Waals surface area contributed by atoms with Gasteiger partial charge in [-0.15, -0.1) is 0 Å². The van der Waals surface area contributed by atoms with Crippen molar-refractivity contribution in [1.29, 1.82) is 0 Å². The van der Waals surface area contributed by atoms with Crippen LogP contribution in [0.4, 0.5) is 11.4 Å². The van der Waals surface area contributed by atoms with Crippen LogP contribution in [0.5, 0.6) is 11.5 Å². The molecule has 0 fully saturated rings. The van der Waals surface area contributed by atoms with E-state index in [2.05, 4.69) is 10.6 Å². The first-order chi connectivity index (χ1) is 14.2. The maximum Gasteiger partial charge on any atom is 0.262 e. The van der Waals surface area contributed by atoms with Crippen molar-refractivity contribution in [2.75, 3.05) is 23.8 Å². The van der Waals surface area contributed by atoms with Crippen LogP contribution in [0.1, 0.15) is 17.3 Å². The molecule has 2 N–H and O–H groups in total. The lowest BCUT2D eigenvalue weighted by molar-refractivity contribution is -0.118. The van der Waals surface area contributed by atoms with Gasteiger partial charge in [-0.25, -0.2) is 0 Å². The van der Waals surface area contributed by atoms with Gasteiger partial charge in [-0.3, -0.25) is 9.59 Å². The number of para-hydroxylation sites is 2. The summed E-state index contributed by atoms with van der Waals surface area (Å²) < 4.78 is 10.9. The van der Waals surface area contributed by atoms with Crippen LogP contribution in [0.3, 0.4) is 0 Å². The molecule has 0 saturated carbocycles.